The summed E-state index contributed by atoms with van der Waals surface area (Å²) in [4.78, 5) is 38.2. The standard InChI is InChI=1S/C66H110O6/c1-4-7-10-13-16-19-22-25-28-31-32-33-36-38-41-44-47-50-53-56-59-65(68)71-62-63(72-66(69)60-57-54-51-48-45-42-39-35-30-27-24-21-18-15-12-9-6-3)61-70-64(67)58-55-52-49-46-43-40-37-34-29-26-23-20-17-14-11-8-5-2/h8-9,11-12,17-18,20-21,26-27,29-30,37,39-40,42,48,51,63H,4-7,10,13-16,19,22-25,28,31-36,38,41,43-47,49-50,52-62H2,1-3H3/b11-8-,12-9-,20-17-,21-18-,29-26-,30-27-,40-37-,42-39-,51-48-. The third-order valence-electron chi connectivity index (χ3n) is 12.5. The summed E-state index contributed by atoms with van der Waals surface area (Å²) in [6, 6.07) is 0. The van der Waals surface area contributed by atoms with Crippen LogP contribution >= 0.6 is 0 Å². The molecule has 410 valence electrons. The number of rotatable bonds is 53. The maximum Gasteiger partial charge on any atom is 0.306 e. The van der Waals surface area contributed by atoms with Gasteiger partial charge in [0.05, 0.1) is 0 Å². The van der Waals surface area contributed by atoms with Crippen LogP contribution in [0.3, 0.4) is 0 Å². The highest BCUT2D eigenvalue weighted by atomic mass is 16.6. The molecule has 0 aliphatic carbocycles. The van der Waals surface area contributed by atoms with Gasteiger partial charge in [0.1, 0.15) is 13.2 Å². The molecule has 0 saturated carbocycles. The molecule has 0 aromatic carbocycles. The van der Waals surface area contributed by atoms with Crippen LogP contribution in [0.5, 0.6) is 0 Å². The van der Waals surface area contributed by atoms with Crippen LogP contribution in [0.4, 0.5) is 0 Å². The van der Waals surface area contributed by atoms with E-state index in [9.17, 15) is 14.4 Å². The second-order valence-corrected chi connectivity index (χ2v) is 19.5. The van der Waals surface area contributed by atoms with Gasteiger partial charge in [-0.05, 0) is 96.3 Å². The fraction of sp³-hybridized carbons (Fsp3) is 0.682. The Hall–Kier alpha value is -3.93. The highest BCUT2D eigenvalue weighted by Gasteiger charge is 2.19. The Bertz CT molecular complexity index is 1470. The molecule has 1 unspecified atom stereocenters. The van der Waals surface area contributed by atoms with E-state index >= 15 is 0 Å². The molecular weight excluding hydrogens is 889 g/mol. The number of carbonyl (C=O) groups excluding carboxylic acids is 3. The lowest BCUT2D eigenvalue weighted by Gasteiger charge is -2.18. The lowest BCUT2D eigenvalue weighted by molar-refractivity contribution is -0.167. The summed E-state index contributed by atoms with van der Waals surface area (Å²) in [6.07, 6.45) is 80.9. The van der Waals surface area contributed by atoms with Gasteiger partial charge in [0.25, 0.3) is 0 Å². The molecule has 0 aliphatic rings. The first-order chi connectivity index (χ1) is 35.5. The number of unbranched alkanes of at least 4 members (excludes halogenated alkanes) is 24. The molecule has 0 rings (SSSR count). The predicted octanol–water partition coefficient (Wildman–Crippen LogP) is 20.3. The largest absolute Gasteiger partial charge is 0.462 e. The maximum absolute atomic E-state index is 12.9. The van der Waals surface area contributed by atoms with E-state index in [1.165, 1.54) is 109 Å². The molecule has 0 aliphatic heterocycles. The third-order valence-corrected chi connectivity index (χ3v) is 12.5. The van der Waals surface area contributed by atoms with Gasteiger partial charge in [-0.25, -0.2) is 0 Å². The summed E-state index contributed by atoms with van der Waals surface area (Å²) in [5.74, 6) is -0.987. The van der Waals surface area contributed by atoms with Crippen LogP contribution in [-0.4, -0.2) is 37.2 Å². The molecule has 6 heteroatoms. The monoisotopic (exact) mass is 999 g/mol. The molecule has 0 aromatic heterocycles. The minimum absolute atomic E-state index is 0.108. The first-order valence-electron chi connectivity index (χ1n) is 29.9. The average molecular weight is 1000 g/mol. The highest BCUT2D eigenvalue weighted by molar-refractivity contribution is 5.71. The van der Waals surface area contributed by atoms with Gasteiger partial charge in [-0.15, -0.1) is 0 Å². The Balaban J connectivity index is 4.48. The van der Waals surface area contributed by atoms with Crippen LogP contribution < -0.4 is 0 Å². The molecule has 0 saturated heterocycles. The highest BCUT2D eigenvalue weighted by Crippen LogP contribution is 2.16. The van der Waals surface area contributed by atoms with Gasteiger partial charge in [0.2, 0.25) is 0 Å². The lowest BCUT2D eigenvalue weighted by atomic mass is 10.0. The first-order valence-corrected chi connectivity index (χ1v) is 29.9. The van der Waals surface area contributed by atoms with Crippen molar-refractivity contribution in [2.45, 2.75) is 277 Å². The average Bonchev–Trinajstić information content (AvgIpc) is 3.38. The van der Waals surface area contributed by atoms with Crippen LogP contribution in [0.2, 0.25) is 0 Å². The van der Waals surface area contributed by atoms with Crippen LogP contribution in [0.1, 0.15) is 271 Å². The maximum atomic E-state index is 12.9. The van der Waals surface area contributed by atoms with Crippen LogP contribution in [-0.2, 0) is 28.6 Å². The minimum Gasteiger partial charge on any atom is -0.462 e. The van der Waals surface area contributed by atoms with Crippen molar-refractivity contribution < 1.29 is 28.6 Å². The molecule has 0 bridgehead atoms. The SMILES string of the molecule is CC/C=C\C/C=C\C/C=C\C/C=C\C/C=C\CCCC(=O)OC(COC(=O)CCCCCC/C=C\C/C=C\C/C=C\C/C=C\CC)COC(=O)CCCCCCCCCCCCCCCCCCCCCC. The topological polar surface area (TPSA) is 78.9 Å². The second-order valence-electron chi connectivity index (χ2n) is 19.5. The molecular formula is C66H110O6. The Morgan fingerprint density at radius 1 is 0.292 bits per heavy atom. The normalized spacial score (nSPS) is 12.9. The molecule has 1 atom stereocenters. The van der Waals surface area contributed by atoms with Crippen molar-refractivity contribution in [2.75, 3.05) is 13.2 Å². The van der Waals surface area contributed by atoms with E-state index < -0.39 is 6.10 Å². The smallest absolute Gasteiger partial charge is 0.306 e. The number of carbonyl (C=O) groups is 3. The Labute approximate surface area is 444 Å². The minimum atomic E-state index is -0.819. The Kier molecular flexibility index (Phi) is 56.4. The summed E-state index contributed by atoms with van der Waals surface area (Å²) < 4.78 is 16.8. The molecule has 0 heterocycles. The van der Waals surface area contributed by atoms with E-state index in [1.807, 2.05) is 0 Å². The molecule has 6 nitrogen and oxygen atoms in total. The quantitative estimate of drug-likeness (QED) is 0.0261. The first kappa shape index (κ1) is 68.1. The summed E-state index contributed by atoms with van der Waals surface area (Å²) in [6.45, 7) is 6.36. The van der Waals surface area contributed by atoms with Gasteiger partial charge in [-0.1, -0.05) is 265 Å². The second kappa shape index (κ2) is 59.6. The zero-order valence-corrected chi connectivity index (χ0v) is 46.9. The van der Waals surface area contributed by atoms with Gasteiger partial charge in [-0.3, -0.25) is 14.4 Å². The number of hydrogen-bond donors (Lipinski definition) is 0. The van der Waals surface area contributed by atoms with Gasteiger partial charge in [0.15, 0.2) is 6.10 Å². The van der Waals surface area contributed by atoms with Crippen molar-refractivity contribution >= 4 is 17.9 Å². The predicted molar refractivity (Wildman–Crippen MR) is 311 cm³/mol. The van der Waals surface area contributed by atoms with E-state index in [2.05, 4.69) is 130 Å². The van der Waals surface area contributed by atoms with Gasteiger partial charge < -0.3 is 14.2 Å². The van der Waals surface area contributed by atoms with Crippen molar-refractivity contribution in [3.8, 4) is 0 Å². The van der Waals surface area contributed by atoms with Crippen LogP contribution in [0.15, 0.2) is 109 Å². The molecule has 72 heavy (non-hydrogen) atoms. The molecule has 0 radical (unpaired) electrons. The van der Waals surface area contributed by atoms with E-state index in [1.54, 1.807) is 0 Å². The number of allylic oxidation sites excluding steroid dienone is 18. The molecule has 0 N–H and O–H groups in total. The molecule has 0 amide bonds. The molecule has 0 spiro atoms. The van der Waals surface area contributed by atoms with E-state index in [-0.39, 0.29) is 37.5 Å². The van der Waals surface area contributed by atoms with Crippen molar-refractivity contribution in [1.82, 2.24) is 0 Å². The van der Waals surface area contributed by atoms with E-state index in [0.29, 0.717) is 19.3 Å². The summed E-state index contributed by atoms with van der Waals surface area (Å²) >= 11 is 0. The Morgan fingerprint density at radius 3 is 0.889 bits per heavy atom. The van der Waals surface area contributed by atoms with Gasteiger partial charge in [-0.2, -0.15) is 0 Å². The third kappa shape index (κ3) is 57.0. The number of esters is 3. The number of ether oxygens (including phenoxy) is 3. The van der Waals surface area contributed by atoms with Crippen molar-refractivity contribution in [2.24, 2.45) is 0 Å². The van der Waals surface area contributed by atoms with E-state index in [0.717, 1.165) is 116 Å². The van der Waals surface area contributed by atoms with Crippen molar-refractivity contribution in [1.29, 1.82) is 0 Å². The van der Waals surface area contributed by atoms with Crippen molar-refractivity contribution in [3.63, 3.8) is 0 Å². The van der Waals surface area contributed by atoms with Gasteiger partial charge >= 0.3 is 17.9 Å². The van der Waals surface area contributed by atoms with E-state index in [4.69, 9.17) is 14.2 Å². The number of hydrogen-bond acceptors (Lipinski definition) is 6. The zero-order valence-electron chi connectivity index (χ0n) is 46.9. The molecule has 0 aromatic rings. The lowest BCUT2D eigenvalue weighted by Crippen LogP contribution is -2.30. The van der Waals surface area contributed by atoms with Crippen LogP contribution in [0, 0.1) is 0 Å². The molecule has 0 fully saturated rings. The zero-order chi connectivity index (χ0) is 52.2. The summed E-state index contributed by atoms with van der Waals surface area (Å²) in [5.41, 5.74) is 0. The van der Waals surface area contributed by atoms with Gasteiger partial charge in [0, 0.05) is 19.3 Å². The van der Waals surface area contributed by atoms with Crippen molar-refractivity contribution in [3.05, 3.63) is 109 Å². The fourth-order valence-corrected chi connectivity index (χ4v) is 8.12. The fourth-order valence-electron chi connectivity index (χ4n) is 8.12. The van der Waals surface area contributed by atoms with Crippen LogP contribution in [0.25, 0.3) is 0 Å². The Morgan fingerprint density at radius 2 is 0.556 bits per heavy atom. The summed E-state index contributed by atoms with van der Waals surface area (Å²) in [7, 11) is 0. The summed E-state index contributed by atoms with van der Waals surface area (Å²) in [5, 5.41) is 0.